The van der Waals surface area contributed by atoms with Crippen molar-refractivity contribution in [3.8, 4) is 0 Å². The molecule has 0 aromatic heterocycles. The molecule has 2 aliphatic heterocycles. The smallest absolute Gasteiger partial charge is 0.0700 e. The van der Waals surface area contributed by atoms with Crippen LogP contribution in [0.2, 0.25) is 0 Å². The molecule has 0 aromatic carbocycles. The van der Waals surface area contributed by atoms with Crippen molar-refractivity contribution >= 4 is 11.8 Å². The molecule has 2 fully saturated rings. The molecule has 3 nitrogen and oxygen atoms in total. The maximum atomic E-state index is 5.65. The van der Waals surface area contributed by atoms with Crippen LogP contribution in [0.1, 0.15) is 40.0 Å². The second-order valence-electron chi connectivity index (χ2n) is 6.54. The van der Waals surface area contributed by atoms with Crippen molar-refractivity contribution in [3.63, 3.8) is 0 Å². The molecular weight excluding hydrogens is 256 g/mol. The lowest BCUT2D eigenvalue weighted by atomic mass is 10.1. The molecule has 2 unspecified atom stereocenters. The van der Waals surface area contributed by atoms with Gasteiger partial charge in [0.05, 0.1) is 6.10 Å². The van der Waals surface area contributed by atoms with Gasteiger partial charge in [-0.05, 0) is 32.7 Å². The number of nitrogens with one attached hydrogen (secondary N) is 1. The topological polar surface area (TPSA) is 24.5 Å². The van der Waals surface area contributed by atoms with Crippen LogP contribution in [0.5, 0.6) is 0 Å². The molecule has 2 heterocycles. The first-order valence-electron chi connectivity index (χ1n) is 7.77. The van der Waals surface area contributed by atoms with Gasteiger partial charge in [-0.3, -0.25) is 4.90 Å². The third kappa shape index (κ3) is 5.25. The first kappa shape index (κ1) is 15.6. The monoisotopic (exact) mass is 286 g/mol. The van der Waals surface area contributed by atoms with Gasteiger partial charge in [0.25, 0.3) is 0 Å². The second-order valence-corrected chi connectivity index (χ2v) is 8.34. The average molecular weight is 286 g/mol. The van der Waals surface area contributed by atoms with Gasteiger partial charge in [-0.15, -0.1) is 0 Å². The Bertz CT molecular complexity index is 267. The van der Waals surface area contributed by atoms with E-state index in [0.717, 1.165) is 19.7 Å². The molecule has 112 valence electrons. The lowest BCUT2D eigenvalue weighted by molar-refractivity contribution is 0.107. The zero-order chi connectivity index (χ0) is 13.7. The Balaban J connectivity index is 1.65. The Labute approximate surface area is 122 Å². The molecule has 4 heteroatoms. The highest BCUT2D eigenvalue weighted by Gasteiger charge is 2.25. The van der Waals surface area contributed by atoms with Gasteiger partial charge in [-0.1, -0.05) is 13.8 Å². The molecule has 0 radical (unpaired) electrons. The Kier molecular flexibility index (Phi) is 6.00. The van der Waals surface area contributed by atoms with E-state index in [1.165, 1.54) is 38.1 Å². The largest absolute Gasteiger partial charge is 0.377 e. The van der Waals surface area contributed by atoms with E-state index in [1.54, 1.807) is 0 Å². The highest BCUT2D eigenvalue weighted by molar-refractivity contribution is 8.00. The predicted octanol–water partition coefficient (Wildman–Crippen LogP) is 2.36. The number of hydrogen-bond acceptors (Lipinski definition) is 4. The summed E-state index contributed by atoms with van der Waals surface area (Å²) in [4.78, 5) is 2.64. The quantitative estimate of drug-likeness (QED) is 0.838. The lowest BCUT2D eigenvalue weighted by Gasteiger charge is -2.28. The number of thioether (sulfide) groups is 1. The molecule has 0 aliphatic carbocycles. The maximum absolute atomic E-state index is 5.65. The van der Waals surface area contributed by atoms with E-state index < -0.39 is 0 Å². The number of ether oxygens (including phenoxy) is 1. The van der Waals surface area contributed by atoms with E-state index in [4.69, 9.17) is 4.74 Å². The van der Waals surface area contributed by atoms with Gasteiger partial charge in [0.15, 0.2) is 0 Å². The van der Waals surface area contributed by atoms with Gasteiger partial charge in [-0.25, -0.2) is 0 Å². The van der Waals surface area contributed by atoms with Gasteiger partial charge in [-0.2, -0.15) is 11.8 Å². The summed E-state index contributed by atoms with van der Waals surface area (Å²) in [6.07, 6.45) is 4.23. The van der Waals surface area contributed by atoms with Crippen LogP contribution < -0.4 is 5.32 Å². The third-order valence-corrected chi connectivity index (χ3v) is 5.70. The third-order valence-electron chi connectivity index (χ3n) is 4.33. The van der Waals surface area contributed by atoms with Gasteiger partial charge in [0.1, 0.15) is 0 Å². The fraction of sp³-hybridized carbons (Fsp3) is 1.00. The first-order valence-corrected chi connectivity index (χ1v) is 8.76. The van der Waals surface area contributed by atoms with Crippen molar-refractivity contribution in [1.82, 2.24) is 10.2 Å². The van der Waals surface area contributed by atoms with Crippen LogP contribution >= 0.6 is 11.8 Å². The Morgan fingerprint density at radius 2 is 2.26 bits per heavy atom. The Hall–Kier alpha value is 0.230. The minimum atomic E-state index is 0.458. The van der Waals surface area contributed by atoms with E-state index in [9.17, 15) is 0 Å². The van der Waals surface area contributed by atoms with Crippen LogP contribution in [-0.4, -0.2) is 60.3 Å². The van der Waals surface area contributed by atoms with Crippen LogP contribution in [0.4, 0.5) is 0 Å². The molecule has 1 N–H and O–H groups in total. The molecule has 2 atom stereocenters. The summed E-state index contributed by atoms with van der Waals surface area (Å²) in [5, 5.41) is 3.59. The van der Waals surface area contributed by atoms with E-state index in [1.807, 2.05) is 0 Å². The van der Waals surface area contributed by atoms with E-state index >= 15 is 0 Å². The van der Waals surface area contributed by atoms with Gasteiger partial charge < -0.3 is 10.1 Å². The highest BCUT2D eigenvalue weighted by Crippen LogP contribution is 2.31. The van der Waals surface area contributed by atoms with Crippen molar-refractivity contribution in [1.29, 1.82) is 0 Å². The molecule has 0 amide bonds. The standard InChI is InChI=1S/C15H30N2OS/c1-13(11-16-12-14-5-4-9-18-14)17-7-6-15(2,3)19-10-8-17/h13-14,16H,4-12H2,1-3H3. The summed E-state index contributed by atoms with van der Waals surface area (Å²) in [7, 11) is 0. The molecule has 0 spiro atoms. The number of hydrogen-bond donors (Lipinski definition) is 1. The maximum Gasteiger partial charge on any atom is 0.0700 e. The van der Waals surface area contributed by atoms with Crippen LogP contribution in [0.3, 0.4) is 0 Å². The molecule has 2 saturated heterocycles. The molecule has 19 heavy (non-hydrogen) atoms. The fourth-order valence-electron chi connectivity index (χ4n) is 2.86. The van der Waals surface area contributed by atoms with Crippen LogP contribution in [0.15, 0.2) is 0 Å². The fourth-order valence-corrected chi connectivity index (χ4v) is 3.98. The summed E-state index contributed by atoms with van der Waals surface area (Å²) < 4.78 is 6.11. The summed E-state index contributed by atoms with van der Waals surface area (Å²) in [5.41, 5.74) is 0. The molecule has 0 bridgehead atoms. The van der Waals surface area contributed by atoms with Crippen molar-refractivity contribution in [3.05, 3.63) is 0 Å². The Morgan fingerprint density at radius 1 is 1.42 bits per heavy atom. The summed E-state index contributed by atoms with van der Waals surface area (Å²) >= 11 is 2.12. The van der Waals surface area contributed by atoms with Gasteiger partial charge in [0, 0.05) is 42.8 Å². The van der Waals surface area contributed by atoms with Gasteiger partial charge in [0.2, 0.25) is 0 Å². The number of nitrogens with zero attached hydrogens (tertiary/aromatic N) is 1. The van der Waals surface area contributed by atoms with Crippen molar-refractivity contribution in [2.75, 3.05) is 38.5 Å². The summed E-state index contributed by atoms with van der Waals surface area (Å²) in [6.45, 7) is 12.7. The molecule has 2 aliphatic rings. The zero-order valence-electron chi connectivity index (χ0n) is 12.8. The lowest BCUT2D eigenvalue weighted by Crippen LogP contribution is -2.43. The zero-order valence-corrected chi connectivity index (χ0v) is 13.6. The molecule has 2 rings (SSSR count). The molecular formula is C15H30N2OS. The SMILES string of the molecule is CC(CNCC1CCCO1)N1CCSC(C)(C)CC1. The van der Waals surface area contributed by atoms with Crippen molar-refractivity contribution < 1.29 is 4.74 Å². The second kappa shape index (κ2) is 7.30. The van der Waals surface area contributed by atoms with E-state index in [0.29, 0.717) is 16.9 Å². The predicted molar refractivity (Wildman–Crippen MR) is 84.0 cm³/mol. The van der Waals surface area contributed by atoms with Crippen LogP contribution in [0, 0.1) is 0 Å². The normalized spacial score (nSPS) is 30.2. The molecule has 0 aromatic rings. The van der Waals surface area contributed by atoms with Crippen LogP contribution in [-0.2, 0) is 4.74 Å². The Morgan fingerprint density at radius 3 is 3.00 bits per heavy atom. The highest BCUT2D eigenvalue weighted by atomic mass is 32.2. The average Bonchev–Trinajstić information content (AvgIpc) is 2.79. The van der Waals surface area contributed by atoms with E-state index in [2.05, 4.69) is 42.7 Å². The minimum Gasteiger partial charge on any atom is -0.377 e. The van der Waals surface area contributed by atoms with E-state index in [-0.39, 0.29) is 0 Å². The van der Waals surface area contributed by atoms with Gasteiger partial charge >= 0.3 is 0 Å². The van der Waals surface area contributed by atoms with Crippen molar-refractivity contribution in [2.24, 2.45) is 0 Å². The summed E-state index contributed by atoms with van der Waals surface area (Å²) in [5.74, 6) is 1.27. The van der Waals surface area contributed by atoms with Crippen molar-refractivity contribution in [2.45, 2.75) is 56.9 Å². The summed E-state index contributed by atoms with van der Waals surface area (Å²) in [6, 6.07) is 0.635. The molecule has 0 saturated carbocycles. The first-order chi connectivity index (χ1) is 9.07. The minimum absolute atomic E-state index is 0.458. The number of rotatable bonds is 5. The van der Waals surface area contributed by atoms with Crippen LogP contribution in [0.25, 0.3) is 0 Å².